The van der Waals surface area contributed by atoms with Crippen molar-refractivity contribution in [2.45, 2.75) is 13.8 Å². The van der Waals surface area contributed by atoms with Crippen LogP contribution in [0.5, 0.6) is 0 Å². The summed E-state index contributed by atoms with van der Waals surface area (Å²) in [6.07, 6.45) is 0. The molecule has 42 heavy (non-hydrogen) atoms. The molecule has 238 valence electrons. The summed E-state index contributed by atoms with van der Waals surface area (Å²) in [7, 11) is 11.5. The predicted octanol–water partition coefficient (Wildman–Crippen LogP) is -3.31. The van der Waals surface area contributed by atoms with Crippen LogP contribution in [-0.2, 0) is 38.4 Å². The molecule has 8 amide bonds. The lowest BCUT2D eigenvalue weighted by molar-refractivity contribution is -0.146. The van der Waals surface area contributed by atoms with Gasteiger partial charge in [0.15, 0.2) is 0 Å². The maximum atomic E-state index is 12.6. The van der Waals surface area contributed by atoms with E-state index in [1.165, 1.54) is 71.0 Å². The van der Waals surface area contributed by atoms with E-state index in [-0.39, 0.29) is 57.6 Å². The molecule has 0 radical (unpaired) electrons. The van der Waals surface area contributed by atoms with Crippen molar-refractivity contribution in [1.29, 1.82) is 0 Å². The molecule has 0 aliphatic carbocycles. The fourth-order valence-electron chi connectivity index (χ4n) is 3.08. The van der Waals surface area contributed by atoms with Crippen molar-refractivity contribution in [3.05, 3.63) is 0 Å². The lowest BCUT2D eigenvalue weighted by atomic mass is 10.3. The van der Waals surface area contributed by atoms with E-state index >= 15 is 0 Å². The molecular weight excluding hydrogens is 552 g/mol. The Labute approximate surface area is 247 Å². The molecular formula is C26H46N8O8. The molecule has 0 aromatic carbocycles. The highest BCUT2D eigenvalue weighted by molar-refractivity contribution is 5.92. The first-order chi connectivity index (χ1) is 19.3. The lowest BCUT2D eigenvalue weighted by Gasteiger charge is -2.27. The SMILES string of the molecule is CCN(C)C(=O)CN(C)C(=O)CN(C)C(=O)CN(C)C(=O)CN(C)C(=O)CN(C)C(=O)CN(C)C(=O)CN(C)C(C)=O. The fraction of sp³-hybridized carbons (Fsp3) is 0.692. The van der Waals surface area contributed by atoms with Crippen LogP contribution in [0.25, 0.3) is 0 Å². The summed E-state index contributed by atoms with van der Waals surface area (Å²) in [6.45, 7) is 1.66. The number of rotatable bonds is 15. The van der Waals surface area contributed by atoms with Crippen molar-refractivity contribution >= 4 is 47.3 Å². The Hall–Kier alpha value is -4.24. The summed E-state index contributed by atoms with van der Waals surface area (Å²) in [5.74, 6) is -3.55. The number of hydrogen-bond acceptors (Lipinski definition) is 8. The average Bonchev–Trinajstić information content (AvgIpc) is 2.91. The van der Waals surface area contributed by atoms with Gasteiger partial charge in [0, 0.05) is 69.8 Å². The number of hydrogen-bond donors (Lipinski definition) is 0. The van der Waals surface area contributed by atoms with Gasteiger partial charge in [0.25, 0.3) is 0 Å². The molecule has 0 aliphatic heterocycles. The van der Waals surface area contributed by atoms with E-state index < -0.39 is 35.4 Å². The van der Waals surface area contributed by atoms with Gasteiger partial charge >= 0.3 is 0 Å². The summed E-state index contributed by atoms with van der Waals surface area (Å²) in [6, 6.07) is 0. The second-order valence-electron chi connectivity index (χ2n) is 10.3. The third kappa shape index (κ3) is 13.0. The first-order valence-corrected chi connectivity index (χ1v) is 13.2. The van der Waals surface area contributed by atoms with E-state index in [4.69, 9.17) is 0 Å². The predicted molar refractivity (Wildman–Crippen MR) is 152 cm³/mol. The van der Waals surface area contributed by atoms with Gasteiger partial charge < -0.3 is 39.2 Å². The minimum absolute atomic E-state index is 0.127. The molecule has 0 aromatic rings. The van der Waals surface area contributed by atoms with Gasteiger partial charge in [-0.1, -0.05) is 0 Å². The Morgan fingerprint density at radius 3 is 0.667 bits per heavy atom. The van der Waals surface area contributed by atoms with E-state index in [0.717, 1.165) is 24.5 Å². The number of carbonyl (C=O) groups is 8. The van der Waals surface area contributed by atoms with Gasteiger partial charge in [-0.25, -0.2) is 0 Å². The zero-order valence-electron chi connectivity index (χ0n) is 26.5. The van der Waals surface area contributed by atoms with Crippen LogP contribution in [-0.4, -0.2) is 195 Å². The molecule has 0 saturated carbocycles. The minimum atomic E-state index is -0.543. The second-order valence-corrected chi connectivity index (χ2v) is 10.3. The topological polar surface area (TPSA) is 162 Å². The summed E-state index contributed by atoms with van der Waals surface area (Å²) in [4.78, 5) is 108. The first-order valence-electron chi connectivity index (χ1n) is 13.2. The van der Waals surface area contributed by atoms with Crippen LogP contribution in [0, 0.1) is 0 Å². The molecule has 0 bridgehead atoms. The van der Waals surface area contributed by atoms with Crippen LogP contribution in [0.3, 0.4) is 0 Å². The van der Waals surface area contributed by atoms with Gasteiger partial charge in [-0.05, 0) is 6.92 Å². The molecule has 0 aromatic heterocycles. The van der Waals surface area contributed by atoms with Crippen molar-refractivity contribution in [2.75, 3.05) is 109 Å². The fourth-order valence-corrected chi connectivity index (χ4v) is 3.08. The van der Waals surface area contributed by atoms with Crippen LogP contribution in [0.1, 0.15) is 13.8 Å². The van der Waals surface area contributed by atoms with Crippen LogP contribution in [0.4, 0.5) is 0 Å². The number of likely N-dealkylation sites (N-methyl/N-ethyl adjacent to an activating group) is 8. The zero-order chi connectivity index (χ0) is 32.9. The zero-order valence-corrected chi connectivity index (χ0v) is 26.5. The molecule has 0 saturated heterocycles. The maximum absolute atomic E-state index is 12.6. The molecule has 0 atom stereocenters. The number of carbonyl (C=O) groups excluding carboxylic acids is 8. The monoisotopic (exact) mass is 598 g/mol. The van der Waals surface area contributed by atoms with Gasteiger partial charge in [0.05, 0.1) is 45.8 Å². The highest BCUT2D eigenvalue weighted by Gasteiger charge is 2.24. The van der Waals surface area contributed by atoms with Crippen molar-refractivity contribution in [3.8, 4) is 0 Å². The van der Waals surface area contributed by atoms with Crippen LogP contribution >= 0.6 is 0 Å². The molecule has 0 unspecified atom stereocenters. The van der Waals surface area contributed by atoms with E-state index in [0.29, 0.717) is 6.54 Å². The Morgan fingerprint density at radius 2 is 0.500 bits per heavy atom. The van der Waals surface area contributed by atoms with Gasteiger partial charge in [-0.15, -0.1) is 0 Å². The van der Waals surface area contributed by atoms with Crippen molar-refractivity contribution in [2.24, 2.45) is 0 Å². The summed E-state index contributed by atoms with van der Waals surface area (Å²) < 4.78 is 0. The Morgan fingerprint density at radius 1 is 0.333 bits per heavy atom. The van der Waals surface area contributed by atoms with Crippen LogP contribution in [0.2, 0.25) is 0 Å². The highest BCUT2D eigenvalue weighted by atomic mass is 16.2. The van der Waals surface area contributed by atoms with Crippen molar-refractivity contribution in [1.82, 2.24) is 39.2 Å². The second kappa shape index (κ2) is 17.5. The average molecular weight is 599 g/mol. The van der Waals surface area contributed by atoms with Gasteiger partial charge in [-0.2, -0.15) is 0 Å². The van der Waals surface area contributed by atoms with Gasteiger partial charge in [-0.3, -0.25) is 38.4 Å². The van der Waals surface area contributed by atoms with Crippen molar-refractivity contribution < 1.29 is 38.4 Å². The maximum Gasteiger partial charge on any atom is 0.242 e. The highest BCUT2D eigenvalue weighted by Crippen LogP contribution is 1.99. The summed E-state index contributed by atoms with van der Waals surface area (Å²) >= 11 is 0. The smallest absolute Gasteiger partial charge is 0.242 e. The summed E-state index contributed by atoms with van der Waals surface area (Å²) in [5, 5.41) is 0. The normalized spacial score (nSPS) is 10.2. The molecule has 16 heteroatoms. The third-order valence-corrected chi connectivity index (χ3v) is 6.60. The lowest BCUT2D eigenvalue weighted by Crippen LogP contribution is -2.49. The van der Waals surface area contributed by atoms with Crippen LogP contribution in [0.15, 0.2) is 0 Å². The number of nitrogens with zero attached hydrogens (tertiary/aromatic N) is 8. The largest absolute Gasteiger partial charge is 0.345 e. The van der Waals surface area contributed by atoms with Crippen molar-refractivity contribution in [3.63, 3.8) is 0 Å². The van der Waals surface area contributed by atoms with Gasteiger partial charge in [0.1, 0.15) is 0 Å². The Kier molecular flexibility index (Phi) is 15.8. The molecule has 0 spiro atoms. The Balaban J connectivity index is 4.77. The molecule has 0 fully saturated rings. The van der Waals surface area contributed by atoms with Crippen LogP contribution < -0.4 is 0 Å². The first kappa shape index (κ1) is 37.8. The quantitative estimate of drug-likeness (QED) is 0.189. The molecule has 0 aliphatic rings. The third-order valence-electron chi connectivity index (χ3n) is 6.60. The molecule has 0 rings (SSSR count). The Bertz CT molecular complexity index is 1040. The molecule has 16 nitrogen and oxygen atoms in total. The van der Waals surface area contributed by atoms with Gasteiger partial charge in [0.2, 0.25) is 47.3 Å². The number of amides is 8. The van der Waals surface area contributed by atoms with E-state index in [2.05, 4.69) is 0 Å². The minimum Gasteiger partial charge on any atom is -0.345 e. The summed E-state index contributed by atoms with van der Waals surface area (Å²) in [5.41, 5.74) is 0. The van der Waals surface area contributed by atoms with E-state index in [9.17, 15) is 38.4 Å². The standard InChI is InChI=1S/C26H46N8O8/c1-11-27(3)20(36)13-29(5)22(38)15-31(7)24(40)17-33(9)26(42)18-34(10)25(41)16-32(8)23(39)14-30(6)21(37)12-28(4)19(2)35/h11-18H2,1-10H3. The van der Waals surface area contributed by atoms with E-state index in [1.807, 2.05) is 6.92 Å². The van der Waals surface area contributed by atoms with E-state index in [1.54, 1.807) is 7.05 Å². The molecule has 0 heterocycles. The molecule has 0 N–H and O–H groups in total.